The molecule has 0 aliphatic rings. The van der Waals surface area contributed by atoms with E-state index in [9.17, 15) is 0 Å². The molecule has 0 aromatic heterocycles. The first-order chi connectivity index (χ1) is 8.84. The van der Waals surface area contributed by atoms with Crippen molar-refractivity contribution in [1.29, 1.82) is 0 Å². The van der Waals surface area contributed by atoms with Crippen LogP contribution in [0.5, 0.6) is 0 Å². The Morgan fingerprint density at radius 2 is 1.67 bits per heavy atom. The summed E-state index contributed by atoms with van der Waals surface area (Å²) < 4.78 is 5.66. The molecule has 100 valence electrons. The predicted octanol–water partition coefficient (Wildman–Crippen LogP) is 5.08. The van der Waals surface area contributed by atoms with E-state index in [1.165, 1.54) is 44.1 Å². The maximum atomic E-state index is 5.66. The largest absolute Gasteiger partial charge is 0.377 e. The Balaban J connectivity index is 2.00. The molecule has 1 aromatic carbocycles. The summed E-state index contributed by atoms with van der Waals surface area (Å²) in [6, 6.07) is 10.3. The van der Waals surface area contributed by atoms with Crippen LogP contribution in [0.25, 0.3) is 5.57 Å². The zero-order chi connectivity index (χ0) is 13.1. The minimum Gasteiger partial charge on any atom is -0.377 e. The van der Waals surface area contributed by atoms with E-state index in [1.807, 2.05) is 18.2 Å². The third-order valence-corrected chi connectivity index (χ3v) is 3.10. The average molecular weight is 246 g/mol. The van der Waals surface area contributed by atoms with E-state index in [4.69, 9.17) is 4.74 Å². The molecule has 1 heteroatoms. The van der Waals surface area contributed by atoms with Gasteiger partial charge in [0.05, 0.1) is 6.61 Å². The maximum absolute atomic E-state index is 5.66. The Labute approximate surface area is 112 Å². The zero-order valence-electron chi connectivity index (χ0n) is 11.7. The van der Waals surface area contributed by atoms with Gasteiger partial charge in [0.2, 0.25) is 0 Å². The summed E-state index contributed by atoms with van der Waals surface area (Å²) in [6.45, 7) is 7.82. The van der Waals surface area contributed by atoms with Crippen molar-refractivity contribution in [3.8, 4) is 0 Å². The van der Waals surface area contributed by atoms with Gasteiger partial charge in [0.25, 0.3) is 0 Å². The lowest BCUT2D eigenvalue weighted by molar-refractivity contribution is 0.162. The first-order valence-electron chi connectivity index (χ1n) is 7.15. The topological polar surface area (TPSA) is 9.23 Å². The van der Waals surface area contributed by atoms with E-state index in [-0.39, 0.29) is 0 Å². The third-order valence-electron chi connectivity index (χ3n) is 3.10. The minimum absolute atomic E-state index is 0.652. The van der Waals surface area contributed by atoms with Crippen molar-refractivity contribution in [3.63, 3.8) is 0 Å². The van der Waals surface area contributed by atoms with E-state index in [0.717, 1.165) is 12.2 Å². The van der Waals surface area contributed by atoms with Crippen molar-refractivity contribution in [3.05, 3.63) is 42.5 Å². The van der Waals surface area contributed by atoms with Crippen LogP contribution >= 0.6 is 0 Å². The molecule has 0 aliphatic heterocycles. The van der Waals surface area contributed by atoms with Crippen LogP contribution in [0.3, 0.4) is 0 Å². The second-order valence-corrected chi connectivity index (χ2v) is 4.79. The summed E-state index contributed by atoms with van der Waals surface area (Å²) in [5.74, 6) is 0. The summed E-state index contributed by atoms with van der Waals surface area (Å²) in [6.07, 6.45) is 7.85. The Kier molecular flexibility index (Phi) is 8.24. The van der Waals surface area contributed by atoms with Crippen molar-refractivity contribution < 1.29 is 4.74 Å². The molecule has 0 aliphatic carbocycles. The third kappa shape index (κ3) is 6.61. The Hall–Kier alpha value is -1.08. The van der Waals surface area contributed by atoms with Crippen LogP contribution in [0, 0.1) is 0 Å². The zero-order valence-corrected chi connectivity index (χ0v) is 11.7. The fourth-order valence-corrected chi connectivity index (χ4v) is 1.94. The first-order valence-corrected chi connectivity index (χ1v) is 7.15. The first kappa shape index (κ1) is 15.0. The van der Waals surface area contributed by atoms with Crippen LogP contribution in [0.1, 0.15) is 51.0 Å². The van der Waals surface area contributed by atoms with Crippen molar-refractivity contribution >= 4 is 5.57 Å². The summed E-state index contributed by atoms with van der Waals surface area (Å²) in [4.78, 5) is 0. The highest BCUT2D eigenvalue weighted by Gasteiger charge is 1.98. The molecular weight excluding hydrogens is 220 g/mol. The molecule has 0 unspecified atom stereocenters. The van der Waals surface area contributed by atoms with Gasteiger partial charge in [-0.2, -0.15) is 0 Å². The second kappa shape index (κ2) is 9.90. The fourth-order valence-electron chi connectivity index (χ4n) is 1.94. The Morgan fingerprint density at radius 1 is 1.00 bits per heavy atom. The molecule has 0 bridgehead atoms. The average Bonchev–Trinajstić information content (AvgIpc) is 2.42. The lowest BCUT2D eigenvalue weighted by Gasteiger charge is -2.07. The van der Waals surface area contributed by atoms with Crippen LogP contribution in [0.4, 0.5) is 0 Å². The maximum Gasteiger partial charge on any atom is 0.0716 e. The molecule has 0 fully saturated rings. The van der Waals surface area contributed by atoms with Gasteiger partial charge in [-0.25, -0.2) is 0 Å². The van der Waals surface area contributed by atoms with E-state index in [1.54, 1.807) is 0 Å². The number of hydrogen-bond acceptors (Lipinski definition) is 1. The van der Waals surface area contributed by atoms with Gasteiger partial charge in [0.1, 0.15) is 0 Å². The molecule has 0 N–H and O–H groups in total. The van der Waals surface area contributed by atoms with Crippen molar-refractivity contribution in [2.24, 2.45) is 0 Å². The van der Waals surface area contributed by atoms with Crippen LogP contribution in [0.15, 0.2) is 36.9 Å². The van der Waals surface area contributed by atoms with Gasteiger partial charge in [-0.15, -0.1) is 0 Å². The molecule has 0 atom stereocenters. The van der Waals surface area contributed by atoms with E-state index in [0.29, 0.717) is 6.61 Å². The predicted molar refractivity (Wildman–Crippen MR) is 79.7 cm³/mol. The van der Waals surface area contributed by atoms with E-state index in [2.05, 4.69) is 25.6 Å². The minimum atomic E-state index is 0.652. The fraction of sp³-hybridized carbons (Fsp3) is 0.529. The van der Waals surface area contributed by atoms with Gasteiger partial charge >= 0.3 is 0 Å². The smallest absolute Gasteiger partial charge is 0.0716 e. The molecule has 0 heterocycles. The monoisotopic (exact) mass is 246 g/mol. The lowest BCUT2D eigenvalue weighted by atomic mass is 10.1. The van der Waals surface area contributed by atoms with Crippen molar-refractivity contribution in [1.82, 2.24) is 0 Å². The number of ether oxygens (including phenoxy) is 1. The quantitative estimate of drug-likeness (QED) is 0.523. The molecule has 1 nitrogen and oxygen atoms in total. The summed E-state index contributed by atoms with van der Waals surface area (Å²) in [5.41, 5.74) is 2.25. The molecular formula is C17H26O. The molecule has 0 spiro atoms. The molecule has 18 heavy (non-hydrogen) atoms. The molecule has 0 radical (unpaired) electrons. The summed E-state index contributed by atoms with van der Waals surface area (Å²) in [5, 5.41) is 0. The van der Waals surface area contributed by atoms with Crippen LogP contribution < -0.4 is 0 Å². The number of hydrogen-bond donors (Lipinski definition) is 0. The van der Waals surface area contributed by atoms with Gasteiger partial charge < -0.3 is 4.74 Å². The summed E-state index contributed by atoms with van der Waals surface area (Å²) >= 11 is 0. The van der Waals surface area contributed by atoms with Crippen molar-refractivity contribution in [2.45, 2.75) is 45.4 Å². The number of rotatable bonds is 10. The highest BCUT2D eigenvalue weighted by Crippen LogP contribution is 2.12. The van der Waals surface area contributed by atoms with Crippen molar-refractivity contribution in [2.75, 3.05) is 13.2 Å². The number of benzene rings is 1. The van der Waals surface area contributed by atoms with Gasteiger partial charge in [0, 0.05) is 6.61 Å². The second-order valence-electron chi connectivity index (χ2n) is 4.79. The van der Waals surface area contributed by atoms with Gasteiger partial charge in [0.15, 0.2) is 0 Å². The standard InChI is InChI=1S/C17H26O/c1-3-4-5-6-7-11-14-18-15-16(2)17-12-9-8-10-13-17/h8-10,12-13H,2-7,11,14-15H2,1H3. The lowest BCUT2D eigenvalue weighted by Crippen LogP contribution is -1.99. The highest BCUT2D eigenvalue weighted by atomic mass is 16.5. The molecule has 0 saturated heterocycles. The number of unbranched alkanes of at least 4 members (excludes halogenated alkanes) is 5. The molecule has 0 saturated carbocycles. The molecule has 1 rings (SSSR count). The van der Waals surface area contributed by atoms with E-state index < -0.39 is 0 Å². The van der Waals surface area contributed by atoms with Crippen LogP contribution in [0.2, 0.25) is 0 Å². The van der Waals surface area contributed by atoms with Crippen LogP contribution in [-0.4, -0.2) is 13.2 Å². The van der Waals surface area contributed by atoms with Crippen LogP contribution in [-0.2, 0) is 4.74 Å². The van der Waals surface area contributed by atoms with Gasteiger partial charge in [-0.1, -0.05) is 75.9 Å². The summed E-state index contributed by atoms with van der Waals surface area (Å²) in [7, 11) is 0. The highest BCUT2D eigenvalue weighted by molar-refractivity contribution is 5.63. The Morgan fingerprint density at radius 3 is 2.39 bits per heavy atom. The molecule has 1 aromatic rings. The van der Waals surface area contributed by atoms with Gasteiger partial charge in [-0.3, -0.25) is 0 Å². The molecule has 0 amide bonds. The Bertz CT molecular complexity index is 316. The SMILES string of the molecule is C=C(COCCCCCCCC)c1ccccc1. The van der Waals surface area contributed by atoms with Gasteiger partial charge in [-0.05, 0) is 17.6 Å². The normalized spacial score (nSPS) is 10.5. The van der Waals surface area contributed by atoms with E-state index >= 15 is 0 Å².